The highest BCUT2D eigenvalue weighted by molar-refractivity contribution is 5.92. The molecule has 9 heteroatoms. The number of rotatable bonds is 1. The van der Waals surface area contributed by atoms with Crippen LogP contribution in [0, 0.1) is 5.92 Å². The summed E-state index contributed by atoms with van der Waals surface area (Å²) >= 11 is 0. The highest BCUT2D eigenvalue weighted by atomic mass is 16.2. The van der Waals surface area contributed by atoms with Crippen LogP contribution in [0.1, 0.15) is 26.5 Å². The Balaban J connectivity index is 2.27. The van der Waals surface area contributed by atoms with E-state index in [0.29, 0.717) is 5.69 Å². The monoisotopic (exact) mass is 308 g/mol. The molecule has 0 aliphatic carbocycles. The predicted octanol–water partition coefficient (Wildman–Crippen LogP) is -1.45. The number of fused-ring (bicyclic) bond motifs is 1. The fourth-order valence-electron chi connectivity index (χ4n) is 2.14. The van der Waals surface area contributed by atoms with E-state index >= 15 is 0 Å². The van der Waals surface area contributed by atoms with E-state index in [4.69, 9.17) is 0 Å². The molecule has 1 aromatic rings. The number of aromatic nitrogens is 3. The summed E-state index contributed by atoms with van der Waals surface area (Å²) in [5.41, 5.74) is 0.616. The van der Waals surface area contributed by atoms with Crippen LogP contribution in [-0.4, -0.2) is 44.8 Å². The first-order valence-corrected chi connectivity index (χ1v) is 7.13. The lowest BCUT2D eigenvalue weighted by atomic mass is 10.0. The SMILES string of the molecule is CC(C)[C@H]1NC(=O)[C@@H](C)NC(=O)Cn2nncc2CNC1=O. The van der Waals surface area contributed by atoms with Crippen LogP contribution in [0.3, 0.4) is 0 Å². The molecule has 0 saturated carbocycles. The van der Waals surface area contributed by atoms with Gasteiger partial charge in [-0.1, -0.05) is 19.1 Å². The number of hydrogen-bond acceptors (Lipinski definition) is 5. The minimum Gasteiger partial charge on any atom is -0.349 e. The van der Waals surface area contributed by atoms with Gasteiger partial charge in [0, 0.05) is 0 Å². The summed E-state index contributed by atoms with van der Waals surface area (Å²) in [5.74, 6) is -1.11. The van der Waals surface area contributed by atoms with E-state index in [9.17, 15) is 14.4 Å². The van der Waals surface area contributed by atoms with Crippen molar-refractivity contribution in [2.24, 2.45) is 5.92 Å². The second kappa shape index (κ2) is 6.54. The van der Waals surface area contributed by atoms with E-state index in [1.54, 1.807) is 6.92 Å². The first kappa shape index (κ1) is 15.9. The van der Waals surface area contributed by atoms with Crippen LogP contribution < -0.4 is 16.0 Å². The molecular formula is C13H20N6O3. The molecule has 9 nitrogen and oxygen atoms in total. The molecular weight excluding hydrogens is 288 g/mol. The van der Waals surface area contributed by atoms with E-state index in [2.05, 4.69) is 26.3 Å². The molecule has 0 spiro atoms. The third-order valence-corrected chi connectivity index (χ3v) is 3.45. The van der Waals surface area contributed by atoms with Gasteiger partial charge in [0.1, 0.15) is 18.6 Å². The molecule has 0 radical (unpaired) electrons. The number of nitrogens with zero attached hydrogens (tertiary/aromatic N) is 3. The van der Waals surface area contributed by atoms with Gasteiger partial charge in [0.25, 0.3) is 0 Å². The summed E-state index contributed by atoms with van der Waals surface area (Å²) in [7, 11) is 0. The van der Waals surface area contributed by atoms with E-state index in [1.165, 1.54) is 10.9 Å². The quantitative estimate of drug-likeness (QED) is 0.587. The third kappa shape index (κ3) is 3.60. The van der Waals surface area contributed by atoms with Crippen molar-refractivity contribution in [2.45, 2.75) is 45.9 Å². The maximum Gasteiger partial charge on any atom is 0.243 e. The van der Waals surface area contributed by atoms with Gasteiger partial charge in [-0.15, -0.1) is 5.10 Å². The van der Waals surface area contributed by atoms with Crippen molar-refractivity contribution in [1.82, 2.24) is 30.9 Å². The molecule has 0 aromatic carbocycles. The molecule has 1 aliphatic heterocycles. The van der Waals surface area contributed by atoms with Crippen molar-refractivity contribution in [1.29, 1.82) is 0 Å². The average molecular weight is 308 g/mol. The lowest BCUT2D eigenvalue weighted by Gasteiger charge is -2.24. The van der Waals surface area contributed by atoms with Crippen LogP contribution in [0.5, 0.6) is 0 Å². The van der Waals surface area contributed by atoms with Crippen LogP contribution >= 0.6 is 0 Å². The molecule has 1 aliphatic rings. The summed E-state index contributed by atoms with van der Waals surface area (Å²) in [6, 6.07) is -1.41. The standard InChI is InChI=1S/C13H20N6O3/c1-7(2)11-13(22)14-4-9-5-15-18-19(9)6-10(20)16-8(3)12(21)17-11/h5,7-8,11H,4,6H2,1-3H3,(H,14,22)(H,16,20)(H,17,21)/t8-,11-/m1/s1. The maximum atomic E-state index is 12.3. The number of hydrogen-bond donors (Lipinski definition) is 3. The molecule has 0 saturated heterocycles. The van der Waals surface area contributed by atoms with Crippen molar-refractivity contribution in [3.8, 4) is 0 Å². The van der Waals surface area contributed by atoms with Crippen molar-refractivity contribution in [2.75, 3.05) is 0 Å². The number of carbonyl (C=O) groups excluding carboxylic acids is 3. The van der Waals surface area contributed by atoms with Crippen molar-refractivity contribution < 1.29 is 14.4 Å². The molecule has 22 heavy (non-hydrogen) atoms. The Labute approximate surface area is 127 Å². The Morgan fingerprint density at radius 3 is 2.64 bits per heavy atom. The van der Waals surface area contributed by atoms with Crippen molar-refractivity contribution >= 4 is 17.7 Å². The van der Waals surface area contributed by atoms with Gasteiger partial charge in [-0.05, 0) is 12.8 Å². The van der Waals surface area contributed by atoms with Crippen molar-refractivity contribution in [3.05, 3.63) is 11.9 Å². The first-order chi connectivity index (χ1) is 10.4. The normalized spacial score (nSPS) is 23.7. The largest absolute Gasteiger partial charge is 0.349 e. The van der Waals surface area contributed by atoms with Crippen LogP contribution in [0.15, 0.2) is 6.20 Å². The number of amides is 3. The number of nitrogens with one attached hydrogen (secondary N) is 3. The molecule has 3 amide bonds. The van der Waals surface area contributed by atoms with E-state index in [-0.39, 0.29) is 30.8 Å². The minimum absolute atomic E-state index is 0.0591. The van der Waals surface area contributed by atoms with Gasteiger partial charge in [0.2, 0.25) is 17.7 Å². The Hall–Kier alpha value is -2.45. The summed E-state index contributed by atoms with van der Waals surface area (Å²) in [5, 5.41) is 15.5. The van der Waals surface area contributed by atoms with Gasteiger partial charge < -0.3 is 16.0 Å². The maximum absolute atomic E-state index is 12.3. The van der Waals surface area contributed by atoms with Crippen LogP contribution in [0.2, 0.25) is 0 Å². The number of carbonyl (C=O) groups is 3. The topological polar surface area (TPSA) is 118 Å². The molecule has 2 heterocycles. The molecule has 2 atom stereocenters. The summed E-state index contributed by atoms with van der Waals surface area (Å²) in [6.45, 7) is 5.37. The zero-order valence-corrected chi connectivity index (χ0v) is 12.8. The van der Waals surface area contributed by atoms with Crippen LogP contribution in [0.4, 0.5) is 0 Å². The molecule has 3 N–H and O–H groups in total. The minimum atomic E-state index is -0.743. The van der Waals surface area contributed by atoms with Crippen molar-refractivity contribution in [3.63, 3.8) is 0 Å². The van der Waals surface area contributed by atoms with Crippen LogP contribution in [-0.2, 0) is 27.5 Å². The zero-order valence-electron chi connectivity index (χ0n) is 12.8. The summed E-state index contributed by atoms with van der Waals surface area (Å²) < 4.78 is 1.40. The van der Waals surface area contributed by atoms with Gasteiger partial charge in [0.15, 0.2) is 0 Å². The molecule has 120 valence electrons. The molecule has 0 unspecified atom stereocenters. The summed E-state index contributed by atoms with van der Waals surface area (Å²) in [6.07, 6.45) is 1.49. The lowest BCUT2D eigenvalue weighted by molar-refractivity contribution is -0.133. The van der Waals surface area contributed by atoms with E-state index in [0.717, 1.165) is 0 Å². The highest BCUT2D eigenvalue weighted by Crippen LogP contribution is 2.05. The van der Waals surface area contributed by atoms with Gasteiger partial charge in [0.05, 0.1) is 18.4 Å². The Bertz CT molecular complexity index is 582. The fraction of sp³-hybridized carbons (Fsp3) is 0.615. The third-order valence-electron chi connectivity index (χ3n) is 3.45. The summed E-state index contributed by atoms with van der Waals surface area (Å²) in [4.78, 5) is 36.3. The smallest absolute Gasteiger partial charge is 0.243 e. The second-order valence-electron chi connectivity index (χ2n) is 5.62. The van der Waals surface area contributed by atoms with Gasteiger partial charge >= 0.3 is 0 Å². The first-order valence-electron chi connectivity index (χ1n) is 7.13. The Morgan fingerprint density at radius 2 is 1.95 bits per heavy atom. The lowest BCUT2D eigenvalue weighted by Crippen LogP contribution is -2.55. The van der Waals surface area contributed by atoms with E-state index < -0.39 is 18.0 Å². The van der Waals surface area contributed by atoms with Crippen LogP contribution in [0.25, 0.3) is 0 Å². The Morgan fingerprint density at radius 1 is 1.23 bits per heavy atom. The zero-order chi connectivity index (χ0) is 16.3. The molecule has 1 aromatic heterocycles. The fourth-order valence-corrected chi connectivity index (χ4v) is 2.14. The second-order valence-corrected chi connectivity index (χ2v) is 5.62. The molecule has 0 fully saturated rings. The van der Waals surface area contributed by atoms with Gasteiger partial charge in [-0.2, -0.15) is 0 Å². The van der Waals surface area contributed by atoms with Gasteiger partial charge in [-0.3, -0.25) is 14.4 Å². The highest BCUT2D eigenvalue weighted by Gasteiger charge is 2.27. The van der Waals surface area contributed by atoms with Gasteiger partial charge in [-0.25, -0.2) is 4.68 Å². The Kier molecular flexibility index (Phi) is 4.74. The predicted molar refractivity (Wildman–Crippen MR) is 76.2 cm³/mol. The average Bonchev–Trinajstić information content (AvgIpc) is 2.87. The molecule has 0 bridgehead atoms. The van der Waals surface area contributed by atoms with E-state index in [1.807, 2.05) is 13.8 Å². The molecule has 2 rings (SSSR count).